The molecule has 2 aromatic carbocycles. The zero-order chi connectivity index (χ0) is 22.0. The van der Waals surface area contributed by atoms with Crippen LogP contribution in [0.1, 0.15) is 29.7 Å². The Hall–Kier alpha value is -3.51. The number of nitrogens with one attached hydrogen (secondary N) is 1. The molecule has 0 saturated heterocycles. The highest BCUT2D eigenvalue weighted by Gasteiger charge is 2.19. The molecule has 2 amide bonds. The predicted octanol–water partition coefficient (Wildman–Crippen LogP) is 3.85. The maximum absolute atomic E-state index is 12.9. The van der Waals surface area contributed by atoms with Gasteiger partial charge in [-0.25, -0.2) is 4.98 Å². The van der Waals surface area contributed by atoms with E-state index in [4.69, 9.17) is 0 Å². The van der Waals surface area contributed by atoms with Crippen LogP contribution in [0.3, 0.4) is 0 Å². The Morgan fingerprint density at radius 2 is 1.97 bits per heavy atom. The minimum atomic E-state index is -0.0826. The largest absolute Gasteiger partial charge is 0.335 e. The number of nitrogens with zero attached hydrogens (tertiary/aromatic N) is 3. The van der Waals surface area contributed by atoms with E-state index in [9.17, 15) is 9.59 Å². The molecule has 4 rings (SSSR count). The summed E-state index contributed by atoms with van der Waals surface area (Å²) >= 11 is 0. The van der Waals surface area contributed by atoms with E-state index in [1.807, 2.05) is 50.2 Å². The van der Waals surface area contributed by atoms with Crippen molar-refractivity contribution in [1.82, 2.24) is 14.8 Å². The van der Waals surface area contributed by atoms with Crippen molar-refractivity contribution in [1.29, 1.82) is 0 Å². The average molecular weight is 415 g/mol. The predicted molar refractivity (Wildman–Crippen MR) is 123 cm³/mol. The first-order valence-corrected chi connectivity index (χ1v) is 10.3. The van der Waals surface area contributed by atoms with Gasteiger partial charge in [0, 0.05) is 31.4 Å². The van der Waals surface area contributed by atoms with E-state index >= 15 is 0 Å². The van der Waals surface area contributed by atoms with E-state index < -0.39 is 0 Å². The highest BCUT2D eigenvalue weighted by atomic mass is 16.2. The Kier molecular flexibility index (Phi) is 5.82. The number of likely N-dealkylation sites (N-methyl/N-ethyl adjacent to an activating group) is 2. The molecule has 0 bridgehead atoms. The molecule has 2 heterocycles. The molecule has 0 radical (unpaired) electrons. The number of hydrogen-bond acceptors (Lipinski definition) is 4. The zero-order valence-electron chi connectivity index (χ0n) is 18.0. The molecule has 1 aliphatic heterocycles. The van der Waals surface area contributed by atoms with Crippen molar-refractivity contribution in [2.24, 2.45) is 0 Å². The molecule has 0 aliphatic carbocycles. The third-order valence-corrected chi connectivity index (χ3v) is 5.72. The van der Waals surface area contributed by atoms with Gasteiger partial charge in [-0.1, -0.05) is 42.5 Å². The molecule has 31 heavy (non-hydrogen) atoms. The molecule has 0 saturated carbocycles. The summed E-state index contributed by atoms with van der Waals surface area (Å²) in [7, 11) is 3.71. The molecular weight excluding hydrogens is 388 g/mol. The number of hydrogen-bond donors (Lipinski definition) is 1. The molecular formula is C25H26N4O2. The molecule has 0 unspecified atom stereocenters. The second kappa shape index (κ2) is 8.70. The zero-order valence-corrected chi connectivity index (χ0v) is 18.0. The summed E-state index contributed by atoms with van der Waals surface area (Å²) in [5, 5.41) is 5.14. The fourth-order valence-electron chi connectivity index (χ4n) is 3.92. The van der Waals surface area contributed by atoms with Crippen LogP contribution in [0.5, 0.6) is 0 Å². The van der Waals surface area contributed by atoms with E-state index in [0.29, 0.717) is 18.9 Å². The van der Waals surface area contributed by atoms with Gasteiger partial charge in [0.2, 0.25) is 11.8 Å². The number of amides is 2. The smallest absolute Gasteiger partial charge is 0.246 e. The van der Waals surface area contributed by atoms with Crippen molar-refractivity contribution in [3.05, 3.63) is 77.5 Å². The molecule has 1 aliphatic rings. The number of benzene rings is 2. The first-order chi connectivity index (χ1) is 14.9. The number of fused-ring (bicyclic) bond motifs is 2. The summed E-state index contributed by atoms with van der Waals surface area (Å²) in [6, 6.07) is 16.3. The first kappa shape index (κ1) is 20.8. The fraction of sp³-hybridized carbons (Fsp3) is 0.240. The first-order valence-electron chi connectivity index (χ1n) is 10.3. The minimum absolute atomic E-state index is 0.0720. The number of carbonyl (C=O) groups excluding carboxylic acids is 2. The third-order valence-electron chi connectivity index (χ3n) is 5.72. The van der Waals surface area contributed by atoms with Crippen LogP contribution in [0.4, 0.5) is 5.82 Å². The lowest BCUT2D eigenvalue weighted by Crippen LogP contribution is -2.28. The number of carbonyl (C=O) groups is 2. The summed E-state index contributed by atoms with van der Waals surface area (Å²) in [5.41, 5.74) is 2.87. The van der Waals surface area contributed by atoms with Gasteiger partial charge in [0.1, 0.15) is 5.82 Å². The van der Waals surface area contributed by atoms with Crippen LogP contribution in [0.2, 0.25) is 0 Å². The molecule has 6 heteroatoms. The maximum Gasteiger partial charge on any atom is 0.246 e. The molecule has 6 nitrogen and oxygen atoms in total. The van der Waals surface area contributed by atoms with Crippen molar-refractivity contribution in [2.45, 2.75) is 19.5 Å². The van der Waals surface area contributed by atoms with Gasteiger partial charge in [-0.2, -0.15) is 0 Å². The van der Waals surface area contributed by atoms with E-state index in [0.717, 1.165) is 27.5 Å². The van der Waals surface area contributed by atoms with Crippen LogP contribution in [-0.2, 0) is 16.1 Å². The molecule has 0 spiro atoms. The van der Waals surface area contributed by atoms with E-state index in [1.54, 1.807) is 23.2 Å². The van der Waals surface area contributed by atoms with Crippen LogP contribution in [0.15, 0.2) is 60.8 Å². The van der Waals surface area contributed by atoms with Gasteiger partial charge in [0.15, 0.2) is 0 Å². The summed E-state index contributed by atoms with van der Waals surface area (Å²) in [4.78, 5) is 32.7. The van der Waals surface area contributed by atoms with E-state index in [-0.39, 0.29) is 17.9 Å². The Labute approximate surface area is 182 Å². The molecule has 3 aromatic rings. The lowest BCUT2D eigenvalue weighted by Gasteiger charge is -2.25. The normalized spacial score (nSPS) is 15.4. The molecule has 158 valence electrons. The maximum atomic E-state index is 12.9. The minimum Gasteiger partial charge on any atom is -0.335 e. The highest BCUT2D eigenvalue weighted by molar-refractivity contribution is 5.94. The lowest BCUT2D eigenvalue weighted by atomic mass is 9.99. The van der Waals surface area contributed by atoms with Crippen molar-refractivity contribution in [3.8, 4) is 0 Å². The van der Waals surface area contributed by atoms with Gasteiger partial charge in [-0.05, 0) is 48.0 Å². The van der Waals surface area contributed by atoms with Crippen LogP contribution >= 0.6 is 0 Å². The van der Waals surface area contributed by atoms with E-state index in [1.165, 1.54) is 0 Å². The Bertz CT molecular complexity index is 1170. The van der Waals surface area contributed by atoms with E-state index in [2.05, 4.69) is 34.6 Å². The Morgan fingerprint density at radius 3 is 2.81 bits per heavy atom. The van der Waals surface area contributed by atoms with Crippen molar-refractivity contribution in [2.75, 3.05) is 26.0 Å². The third kappa shape index (κ3) is 4.49. The van der Waals surface area contributed by atoms with Crippen LogP contribution in [-0.4, -0.2) is 47.2 Å². The highest BCUT2D eigenvalue weighted by Crippen LogP contribution is 2.27. The molecule has 1 atom stereocenters. The average Bonchev–Trinajstić information content (AvgIpc) is 2.91. The number of aromatic nitrogens is 1. The van der Waals surface area contributed by atoms with Gasteiger partial charge in [0.05, 0.1) is 12.6 Å². The number of rotatable bonds is 4. The molecule has 0 fully saturated rings. The van der Waals surface area contributed by atoms with Crippen molar-refractivity contribution >= 4 is 34.5 Å². The molecule has 1 aromatic heterocycles. The summed E-state index contributed by atoms with van der Waals surface area (Å²) in [5.74, 6) is 0.427. The van der Waals surface area contributed by atoms with Gasteiger partial charge >= 0.3 is 0 Å². The summed E-state index contributed by atoms with van der Waals surface area (Å²) in [6.45, 7) is 2.99. The Balaban J connectivity index is 1.52. The van der Waals surface area contributed by atoms with Gasteiger partial charge < -0.3 is 10.2 Å². The van der Waals surface area contributed by atoms with Crippen LogP contribution in [0.25, 0.3) is 16.8 Å². The fourth-order valence-corrected chi connectivity index (χ4v) is 3.92. The van der Waals surface area contributed by atoms with Crippen molar-refractivity contribution in [3.63, 3.8) is 0 Å². The summed E-state index contributed by atoms with van der Waals surface area (Å²) in [6.07, 6.45) is 5.01. The topological polar surface area (TPSA) is 65.5 Å². The quantitative estimate of drug-likeness (QED) is 0.659. The summed E-state index contributed by atoms with van der Waals surface area (Å²) < 4.78 is 0. The van der Waals surface area contributed by atoms with Gasteiger partial charge in [-0.3, -0.25) is 14.5 Å². The number of anilines is 1. The monoisotopic (exact) mass is 414 g/mol. The number of pyridine rings is 1. The molecule has 1 N–H and O–H groups in total. The second-order valence-electron chi connectivity index (χ2n) is 8.02. The van der Waals surface area contributed by atoms with Crippen LogP contribution < -0.4 is 5.32 Å². The lowest BCUT2D eigenvalue weighted by molar-refractivity contribution is -0.126. The van der Waals surface area contributed by atoms with Gasteiger partial charge in [0.25, 0.3) is 0 Å². The SMILES string of the molecule is C[C@H](c1cccc2ccccc12)N(C)C(=O)/C=C/c1cnc2c(c1)CN(C)CC(=O)N2. The van der Waals surface area contributed by atoms with Gasteiger partial charge in [-0.15, -0.1) is 0 Å². The standard InChI is InChI=1S/C25H26N4O2/c1-17(21-10-6-8-19-7-4-5-9-22(19)21)29(3)24(31)12-11-18-13-20-15-28(2)16-23(30)27-25(20)26-14-18/h4-14,17H,15-16H2,1-3H3,(H,26,27,30)/b12-11+/t17-/m1/s1. The Morgan fingerprint density at radius 1 is 1.19 bits per heavy atom. The van der Waals surface area contributed by atoms with Crippen molar-refractivity contribution < 1.29 is 9.59 Å². The van der Waals surface area contributed by atoms with Crippen LogP contribution in [0, 0.1) is 0 Å². The second-order valence-corrected chi connectivity index (χ2v) is 8.02.